The van der Waals surface area contributed by atoms with E-state index in [1.807, 2.05) is 0 Å². The largest absolute Gasteiger partial charge is 0.295 e. The summed E-state index contributed by atoms with van der Waals surface area (Å²) in [4.78, 5) is 2.50. The lowest BCUT2D eigenvalue weighted by Gasteiger charge is -2.13. The van der Waals surface area contributed by atoms with E-state index < -0.39 is 0 Å². The van der Waals surface area contributed by atoms with Crippen LogP contribution in [0, 0.1) is 0 Å². The normalized spacial score (nSPS) is 20.5. The monoisotopic (exact) mass is 187 g/mol. The molecular weight excluding hydrogens is 170 g/mol. The van der Waals surface area contributed by atoms with Crippen LogP contribution in [0.3, 0.4) is 0 Å². The molecule has 1 aromatic rings. The molecule has 1 aromatic carbocycles. The molecule has 1 saturated heterocycles. The number of nitrogens with zero attached hydrogens (tertiary/aromatic N) is 1. The third-order valence-corrected chi connectivity index (χ3v) is 2.83. The first-order chi connectivity index (χ1) is 6.88. The van der Waals surface area contributed by atoms with Gasteiger partial charge in [0.2, 0.25) is 0 Å². The van der Waals surface area contributed by atoms with Crippen molar-refractivity contribution >= 4 is 0 Å². The van der Waals surface area contributed by atoms with Gasteiger partial charge in [0.25, 0.3) is 0 Å². The van der Waals surface area contributed by atoms with Crippen LogP contribution in [0.5, 0.6) is 0 Å². The lowest BCUT2D eigenvalue weighted by molar-refractivity contribution is 0.337. The predicted molar refractivity (Wildman–Crippen MR) is 60.1 cm³/mol. The Morgan fingerprint density at radius 2 is 2.07 bits per heavy atom. The van der Waals surface area contributed by atoms with Crippen molar-refractivity contribution < 1.29 is 0 Å². The second-order valence-corrected chi connectivity index (χ2v) is 3.89. The van der Waals surface area contributed by atoms with Crippen LogP contribution in [-0.4, -0.2) is 18.0 Å². The fraction of sp³-hybridized carbons (Fsp3) is 0.385. The minimum Gasteiger partial charge on any atom is -0.295 e. The van der Waals surface area contributed by atoms with Crippen LogP contribution < -0.4 is 0 Å². The Balaban J connectivity index is 1.94. The zero-order valence-electron chi connectivity index (χ0n) is 8.74. The summed E-state index contributed by atoms with van der Waals surface area (Å²) in [5.74, 6) is 0. The van der Waals surface area contributed by atoms with Crippen LogP contribution in [0.1, 0.15) is 18.9 Å². The molecule has 0 radical (unpaired) electrons. The maximum Gasteiger partial charge on any atom is 0.0237 e. The van der Waals surface area contributed by atoms with Gasteiger partial charge in [-0.15, -0.1) is 0 Å². The fourth-order valence-electron chi connectivity index (χ4n) is 1.96. The van der Waals surface area contributed by atoms with Gasteiger partial charge in [-0.2, -0.15) is 0 Å². The van der Waals surface area contributed by atoms with Crippen LogP contribution in [0.2, 0.25) is 0 Å². The molecule has 0 unspecified atom stereocenters. The third kappa shape index (κ3) is 2.24. The Kier molecular flexibility index (Phi) is 3.00. The summed E-state index contributed by atoms with van der Waals surface area (Å²) in [5, 5.41) is 0. The van der Waals surface area contributed by atoms with E-state index in [1.165, 1.54) is 18.5 Å². The van der Waals surface area contributed by atoms with Crippen molar-refractivity contribution in [3.05, 3.63) is 47.5 Å². The van der Waals surface area contributed by atoms with Crippen molar-refractivity contribution in [3.63, 3.8) is 0 Å². The Hall–Kier alpha value is -1.08. The highest BCUT2D eigenvalue weighted by atomic mass is 15.1. The zero-order chi connectivity index (χ0) is 9.80. The van der Waals surface area contributed by atoms with Crippen molar-refractivity contribution in [2.45, 2.75) is 19.9 Å². The smallest absolute Gasteiger partial charge is 0.0237 e. The Morgan fingerprint density at radius 3 is 2.71 bits per heavy atom. The molecule has 1 aliphatic rings. The van der Waals surface area contributed by atoms with Gasteiger partial charge in [-0.1, -0.05) is 42.0 Å². The van der Waals surface area contributed by atoms with Crippen molar-refractivity contribution in [2.24, 2.45) is 0 Å². The van der Waals surface area contributed by atoms with Gasteiger partial charge < -0.3 is 0 Å². The van der Waals surface area contributed by atoms with Gasteiger partial charge in [0.15, 0.2) is 0 Å². The number of benzene rings is 1. The summed E-state index contributed by atoms with van der Waals surface area (Å²) in [6, 6.07) is 10.7. The molecule has 0 spiro atoms. The topological polar surface area (TPSA) is 3.24 Å². The number of rotatable bonds is 2. The second-order valence-electron chi connectivity index (χ2n) is 3.89. The van der Waals surface area contributed by atoms with E-state index in [0.717, 1.165) is 13.1 Å². The first kappa shape index (κ1) is 9.47. The first-order valence-electron chi connectivity index (χ1n) is 5.29. The SMILES string of the molecule is C/C=C1/CCN(Cc2ccccc2)C1. The zero-order valence-corrected chi connectivity index (χ0v) is 8.74. The molecule has 1 aliphatic heterocycles. The van der Waals surface area contributed by atoms with E-state index in [4.69, 9.17) is 0 Å². The molecular formula is C13H17N. The van der Waals surface area contributed by atoms with E-state index in [-0.39, 0.29) is 0 Å². The predicted octanol–water partition coefficient (Wildman–Crippen LogP) is 2.84. The Bertz CT molecular complexity index is 313. The van der Waals surface area contributed by atoms with Gasteiger partial charge in [-0.25, -0.2) is 0 Å². The summed E-state index contributed by atoms with van der Waals surface area (Å²) < 4.78 is 0. The molecule has 0 amide bonds. The second kappa shape index (κ2) is 4.43. The van der Waals surface area contributed by atoms with Crippen LogP contribution in [-0.2, 0) is 6.54 Å². The van der Waals surface area contributed by atoms with Crippen molar-refractivity contribution in [1.29, 1.82) is 0 Å². The van der Waals surface area contributed by atoms with Crippen LogP contribution in [0.15, 0.2) is 42.0 Å². The standard InChI is InChI=1S/C13H17N/c1-2-12-8-9-14(10-12)11-13-6-4-3-5-7-13/h2-7H,8-11H2,1H3/b12-2-. The van der Waals surface area contributed by atoms with Gasteiger partial charge in [-0.3, -0.25) is 4.90 Å². The highest BCUT2D eigenvalue weighted by Gasteiger charge is 2.15. The number of hydrogen-bond donors (Lipinski definition) is 0. The molecule has 1 heteroatoms. The Morgan fingerprint density at radius 1 is 1.29 bits per heavy atom. The van der Waals surface area contributed by atoms with Gasteiger partial charge >= 0.3 is 0 Å². The average Bonchev–Trinajstić information content (AvgIpc) is 2.67. The lowest BCUT2D eigenvalue weighted by Crippen LogP contribution is -2.18. The number of hydrogen-bond acceptors (Lipinski definition) is 1. The summed E-state index contributed by atoms with van der Waals surface area (Å²) >= 11 is 0. The molecule has 1 heterocycles. The number of likely N-dealkylation sites (tertiary alicyclic amines) is 1. The Labute approximate surface area is 86.1 Å². The van der Waals surface area contributed by atoms with Gasteiger partial charge in [0, 0.05) is 19.6 Å². The maximum atomic E-state index is 2.50. The summed E-state index contributed by atoms with van der Waals surface area (Å²) in [6.07, 6.45) is 3.51. The van der Waals surface area contributed by atoms with E-state index in [9.17, 15) is 0 Å². The summed E-state index contributed by atoms with van der Waals surface area (Å²) in [5.41, 5.74) is 3.01. The molecule has 0 aromatic heterocycles. The molecule has 0 saturated carbocycles. The maximum absolute atomic E-state index is 2.50. The average molecular weight is 187 g/mol. The molecule has 74 valence electrons. The quantitative estimate of drug-likeness (QED) is 0.643. The molecule has 2 rings (SSSR count). The van der Waals surface area contributed by atoms with E-state index in [2.05, 4.69) is 48.2 Å². The highest BCUT2D eigenvalue weighted by Crippen LogP contribution is 2.17. The van der Waals surface area contributed by atoms with E-state index in [1.54, 1.807) is 5.57 Å². The van der Waals surface area contributed by atoms with Gasteiger partial charge in [0.1, 0.15) is 0 Å². The molecule has 1 fully saturated rings. The van der Waals surface area contributed by atoms with Gasteiger partial charge in [-0.05, 0) is 18.9 Å². The molecule has 1 nitrogen and oxygen atoms in total. The first-order valence-corrected chi connectivity index (χ1v) is 5.29. The van der Waals surface area contributed by atoms with Crippen LogP contribution >= 0.6 is 0 Å². The summed E-state index contributed by atoms with van der Waals surface area (Å²) in [7, 11) is 0. The van der Waals surface area contributed by atoms with E-state index >= 15 is 0 Å². The van der Waals surface area contributed by atoms with E-state index in [0.29, 0.717) is 0 Å². The third-order valence-electron chi connectivity index (χ3n) is 2.83. The lowest BCUT2D eigenvalue weighted by atomic mass is 10.2. The molecule has 0 N–H and O–H groups in total. The van der Waals surface area contributed by atoms with Crippen molar-refractivity contribution in [1.82, 2.24) is 4.90 Å². The van der Waals surface area contributed by atoms with Gasteiger partial charge in [0.05, 0.1) is 0 Å². The minimum atomic E-state index is 1.10. The van der Waals surface area contributed by atoms with Crippen molar-refractivity contribution in [3.8, 4) is 0 Å². The van der Waals surface area contributed by atoms with Crippen LogP contribution in [0.4, 0.5) is 0 Å². The molecule has 14 heavy (non-hydrogen) atoms. The minimum absolute atomic E-state index is 1.10. The van der Waals surface area contributed by atoms with Crippen LogP contribution in [0.25, 0.3) is 0 Å². The molecule has 0 aliphatic carbocycles. The summed E-state index contributed by atoms with van der Waals surface area (Å²) in [6.45, 7) is 5.61. The number of allylic oxidation sites excluding steroid dienone is 1. The van der Waals surface area contributed by atoms with Crippen molar-refractivity contribution in [2.75, 3.05) is 13.1 Å². The highest BCUT2D eigenvalue weighted by molar-refractivity contribution is 5.16. The molecule has 0 atom stereocenters. The fourth-order valence-corrected chi connectivity index (χ4v) is 1.96. The molecule has 0 bridgehead atoms.